The van der Waals surface area contributed by atoms with E-state index in [0.29, 0.717) is 5.82 Å². The third-order valence-corrected chi connectivity index (χ3v) is 2.96. The minimum absolute atomic E-state index is 0.591. The highest BCUT2D eigenvalue weighted by atomic mass is 28.3. The Balaban J connectivity index is 2.28. The van der Waals surface area contributed by atoms with Gasteiger partial charge in [0.15, 0.2) is 5.82 Å². The van der Waals surface area contributed by atoms with Crippen molar-refractivity contribution >= 4 is 20.9 Å². The van der Waals surface area contributed by atoms with Gasteiger partial charge in [-0.05, 0) is 43.8 Å². The molecule has 2 rings (SSSR count). The van der Waals surface area contributed by atoms with Crippen molar-refractivity contribution in [1.29, 1.82) is 0 Å². The summed E-state index contributed by atoms with van der Waals surface area (Å²) in [5.74, 6) is 1.41. The van der Waals surface area contributed by atoms with E-state index in [1.807, 2.05) is 25.1 Å². The summed E-state index contributed by atoms with van der Waals surface area (Å²) < 4.78 is 5.84. The highest BCUT2D eigenvalue weighted by Gasteiger charge is 2.06. The molecule has 1 aromatic heterocycles. The van der Waals surface area contributed by atoms with E-state index in [4.69, 9.17) is 4.43 Å². The van der Waals surface area contributed by atoms with Crippen LogP contribution < -0.4 is 4.43 Å². The van der Waals surface area contributed by atoms with Gasteiger partial charge in [0.1, 0.15) is 11.4 Å². The minimum atomic E-state index is -0.809. The fraction of sp³-hybridized carbons (Fsp3) is 0.214. The summed E-state index contributed by atoms with van der Waals surface area (Å²) in [6.07, 6.45) is 5.04. The van der Waals surface area contributed by atoms with Crippen molar-refractivity contribution in [3.05, 3.63) is 48.0 Å². The molecule has 1 heterocycles. The van der Waals surface area contributed by atoms with Crippen LogP contribution in [-0.4, -0.2) is 25.2 Å². The Morgan fingerprint density at radius 2 is 1.95 bits per heavy atom. The first-order chi connectivity index (χ1) is 9.15. The molecule has 0 saturated heterocycles. The zero-order valence-corrected chi connectivity index (χ0v) is 12.3. The predicted molar refractivity (Wildman–Crippen MR) is 78.6 cm³/mol. The summed E-state index contributed by atoms with van der Waals surface area (Å²) in [7, 11) is -0.809. The molecule has 5 heteroatoms. The highest BCUT2D eigenvalue weighted by molar-refractivity contribution is 6.49. The molecule has 97 valence electrons. The normalized spacial score (nSPS) is 11.2. The Bertz CT molecular complexity index is 570. The van der Waals surface area contributed by atoms with Gasteiger partial charge >= 0.3 is 0 Å². The Morgan fingerprint density at radius 3 is 2.63 bits per heavy atom. The molecule has 0 bridgehead atoms. The summed E-state index contributed by atoms with van der Waals surface area (Å²) in [6, 6.07) is 7.77. The molecule has 4 nitrogen and oxygen atoms in total. The number of aryl methyl sites for hydroxylation is 1. The Labute approximate surface area is 114 Å². The van der Waals surface area contributed by atoms with Crippen molar-refractivity contribution in [2.45, 2.75) is 20.0 Å². The molecule has 0 aliphatic carbocycles. The zero-order valence-electron chi connectivity index (χ0n) is 11.3. The Hall–Kier alpha value is -2.01. The summed E-state index contributed by atoms with van der Waals surface area (Å²) in [5, 5.41) is 0. The number of rotatable bonds is 4. The van der Waals surface area contributed by atoms with Crippen molar-refractivity contribution in [1.82, 2.24) is 9.97 Å². The van der Waals surface area contributed by atoms with E-state index in [9.17, 15) is 0 Å². The average Bonchev–Trinajstić information content (AvgIpc) is 2.40. The second kappa shape index (κ2) is 6.24. The van der Waals surface area contributed by atoms with E-state index in [0.717, 1.165) is 17.0 Å². The van der Waals surface area contributed by atoms with Crippen LogP contribution in [0.2, 0.25) is 13.1 Å². The average molecular weight is 270 g/mol. The van der Waals surface area contributed by atoms with Gasteiger partial charge in [-0.1, -0.05) is 6.07 Å². The van der Waals surface area contributed by atoms with Gasteiger partial charge in [0.2, 0.25) is 0 Å². The smallest absolute Gasteiger partial charge is 0.274 e. The molecule has 2 aromatic rings. The standard InChI is InChI=1S/C14H16N3OSi/c1-11-5-6-13(18-19(2)3)12(9-11)17-10-14-15-7-4-8-16-14/h4-10H,1-3H3. The monoisotopic (exact) mass is 270 g/mol. The number of benzene rings is 1. The van der Waals surface area contributed by atoms with Gasteiger partial charge in [-0.15, -0.1) is 0 Å². The maximum atomic E-state index is 5.84. The lowest BCUT2D eigenvalue weighted by Crippen LogP contribution is -2.11. The second-order valence-electron chi connectivity index (χ2n) is 4.35. The third-order valence-electron chi connectivity index (χ3n) is 2.33. The summed E-state index contributed by atoms with van der Waals surface area (Å²) in [4.78, 5) is 12.7. The first-order valence-electron chi connectivity index (χ1n) is 6.05. The highest BCUT2D eigenvalue weighted by Crippen LogP contribution is 2.28. The van der Waals surface area contributed by atoms with Gasteiger partial charge in [0.25, 0.3) is 9.04 Å². The van der Waals surface area contributed by atoms with Gasteiger partial charge in [0, 0.05) is 12.4 Å². The molecule has 0 aliphatic heterocycles. The van der Waals surface area contributed by atoms with Crippen molar-refractivity contribution in [2.75, 3.05) is 0 Å². The van der Waals surface area contributed by atoms with Crippen LogP contribution in [0.4, 0.5) is 5.69 Å². The topological polar surface area (TPSA) is 47.4 Å². The summed E-state index contributed by atoms with van der Waals surface area (Å²) >= 11 is 0. The van der Waals surface area contributed by atoms with Gasteiger partial charge in [-0.2, -0.15) is 0 Å². The van der Waals surface area contributed by atoms with Crippen LogP contribution in [0.5, 0.6) is 5.75 Å². The van der Waals surface area contributed by atoms with Crippen LogP contribution in [0, 0.1) is 6.92 Å². The van der Waals surface area contributed by atoms with E-state index in [1.54, 1.807) is 24.7 Å². The van der Waals surface area contributed by atoms with Gasteiger partial charge in [-0.3, -0.25) is 0 Å². The summed E-state index contributed by atoms with van der Waals surface area (Å²) in [6.45, 7) is 6.22. The molecule has 0 saturated carbocycles. The molecule has 1 radical (unpaired) electrons. The predicted octanol–water partition coefficient (Wildman–Crippen LogP) is 3.17. The first-order valence-corrected chi connectivity index (χ1v) is 8.46. The first kappa shape index (κ1) is 13.4. The number of hydrogen-bond acceptors (Lipinski definition) is 4. The van der Waals surface area contributed by atoms with Crippen molar-refractivity contribution < 1.29 is 4.43 Å². The van der Waals surface area contributed by atoms with Crippen LogP contribution in [0.15, 0.2) is 41.7 Å². The number of aliphatic imine (C=N–C) groups is 1. The van der Waals surface area contributed by atoms with Gasteiger partial charge in [0.05, 0.1) is 6.21 Å². The van der Waals surface area contributed by atoms with E-state index in [2.05, 4.69) is 28.1 Å². The molecule has 1 aromatic carbocycles. The fourth-order valence-electron chi connectivity index (χ4n) is 1.54. The van der Waals surface area contributed by atoms with E-state index >= 15 is 0 Å². The lowest BCUT2D eigenvalue weighted by atomic mass is 10.2. The lowest BCUT2D eigenvalue weighted by molar-refractivity contribution is 0.582. The molecule has 0 atom stereocenters. The van der Waals surface area contributed by atoms with Crippen molar-refractivity contribution in [3.63, 3.8) is 0 Å². The maximum absolute atomic E-state index is 5.84. The molecular formula is C14H16N3OSi. The Kier molecular flexibility index (Phi) is 4.41. The summed E-state index contributed by atoms with van der Waals surface area (Å²) in [5.41, 5.74) is 1.97. The molecule has 0 aliphatic rings. The van der Waals surface area contributed by atoms with Crippen molar-refractivity contribution in [3.8, 4) is 5.75 Å². The van der Waals surface area contributed by atoms with Gasteiger partial charge < -0.3 is 4.43 Å². The third kappa shape index (κ3) is 3.99. The molecule has 0 spiro atoms. The second-order valence-corrected chi connectivity index (χ2v) is 6.37. The van der Waals surface area contributed by atoms with Crippen LogP contribution in [0.25, 0.3) is 0 Å². The molecule has 0 N–H and O–H groups in total. The van der Waals surface area contributed by atoms with Crippen molar-refractivity contribution in [2.24, 2.45) is 4.99 Å². The largest absolute Gasteiger partial charge is 0.541 e. The van der Waals surface area contributed by atoms with Gasteiger partial charge in [-0.25, -0.2) is 15.0 Å². The maximum Gasteiger partial charge on any atom is 0.274 e. The van der Waals surface area contributed by atoms with E-state index in [-0.39, 0.29) is 0 Å². The van der Waals surface area contributed by atoms with Crippen LogP contribution in [0.1, 0.15) is 11.4 Å². The molecule has 19 heavy (non-hydrogen) atoms. The SMILES string of the molecule is Cc1ccc(O[Si](C)C)c(N=Cc2ncccn2)c1. The molecule has 0 fully saturated rings. The van der Waals surface area contributed by atoms with E-state index in [1.165, 1.54) is 0 Å². The number of nitrogens with zero attached hydrogens (tertiary/aromatic N) is 3. The zero-order chi connectivity index (χ0) is 13.7. The Morgan fingerprint density at radius 1 is 1.21 bits per heavy atom. The lowest BCUT2D eigenvalue weighted by Gasteiger charge is -2.11. The fourth-order valence-corrected chi connectivity index (χ4v) is 2.15. The molecular weight excluding hydrogens is 254 g/mol. The van der Waals surface area contributed by atoms with Crippen LogP contribution >= 0.6 is 0 Å². The van der Waals surface area contributed by atoms with E-state index < -0.39 is 9.04 Å². The minimum Gasteiger partial charge on any atom is -0.541 e. The van der Waals surface area contributed by atoms with Crippen LogP contribution in [0.3, 0.4) is 0 Å². The quantitative estimate of drug-likeness (QED) is 0.633. The number of hydrogen-bond donors (Lipinski definition) is 0. The molecule has 0 amide bonds. The van der Waals surface area contributed by atoms with Crippen LogP contribution in [-0.2, 0) is 0 Å². The number of aromatic nitrogens is 2. The molecule has 0 unspecified atom stereocenters.